The zero-order valence-electron chi connectivity index (χ0n) is 22.1. The molecule has 0 spiro atoms. The number of carbonyl (C=O) groups excluding carboxylic acids is 2. The second kappa shape index (κ2) is 11.0. The van der Waals surface area contributed by atoms with E-state index in [1.807, 2.05) is 13.8 Å². The van der Waals surface area contributed by atoms with Crippen molar-refractivity contribution in [2.24, 2.45) is 0 Å². The Balaban J connectivity index is 1.41. The first-order valence-electron chi connectivity index (χ1n) is 12.1. The number of nitrogens with one attached hydrogen (secondary N) is 1. The van der Waals surface area contributed by atoms with E-state index in [1.165, 1.54) is 7.11 Å². The summed E-state index contributed by atoms with van der Waals surface area (Å²) in [4.78, 5) is 37.0. The molecule has 5 atom stereocenters. The number of hydrogen-bond acceptors (Lipinski definition) is 12. The number of thioether (sulfide) groups is 1. The maximum atomic E-state index is 12.2. The molecule has 0 radical (unpaired) electrons. The molecule has 15 heteroatoms. The number of amides is 1. The minimum absolute atomic E-state index is 0.00229. The standard InChI is InChI=1S/C23H33ClN6O7S/c1-22(2,3)37-21(32)27-11(19(31)33-6)7-8-38-9-12-14-15(36-23(4,5)35-14)18(34-12)30-10-26-13-16(25)28-20(24)29-17(13)30/h10-12,14-15,18H,7-9H2,1-6H3,(H,27,32)(H2,25,28,29)/t11?,12-,14-,15-,18-/m1/s1. The van der Waals surface area contributed by atoms with Crippen LogP contribution in [-0.2, 0) is 28.5 Å². The van der Waals surface area contributed by atoms with Crippen molar-refractivity contribution in [1.29, 1.82) is 0 Å². The van der Waals surface area contributed by atoms with E-state index in [0.29, 0.717) is 29.1 Å². The highest BCUT2D eigenvalue weighted by Gasteiger charge is 2.56. The van der Waals surface area contributed by atoms with Gasteiger partial charge in [-0.1, -0.05) is 0 Å². The molecule has 3 N–H and O–H groups in total. The largest absolute Gasteiger partial charge is 0.467 e. The van der Waals surface area contributed by atoms with Gasteiger partial charge in [0, 0.05) is 5.75 Å². The number of carbonyl (C=O) groups is 2. The summed E-state index contributed by atoms with van der Waals surface area (Å²) >= 11 is 7.59. The van der Waals surface area contributed by atoms with Crippen molar-refractivity contribution in [2.45, 2.75) is 83.0 Å². The van der Waals surface area contributed by atoms with Gasteiger partial charge in [0.05, 0.1) is 19.5 Å². The van der Waals surface area contributed by atoms with Crippen molar-refractivity contribution in [3.63, 3.8) is 0 Å². The fourth-order valence-corrected chi connectivity index (χ4v) is 5.60. The lowest BCUT2D eigenvalue weighted by molar-refractivity contribution is -0.193. The molecular weight excluding hydrogens is 540 g/mol. The summed E-state index contributed by atoms with van der Waals surface area (Å²) in [6.45, 7) is 8.93. The lowest BCUT2D eigenvalue weighted by Crippen LogP contribution is -2.44. The van der Waals surface area contributed by atoms with Crippen LogP contribution in [-0.4, -0.2) is 85.9 Å². The maximum absolute atomic E-state index is 12.2. The minimum Gasteiger partial charge on any atom is -0.467 e. The van der Waals surface area contributed by atoms with Gasteiger partial charge in [-0.15, -0.1) is 0 Å². The fraction of sp³-hybridized carbons (Fsp3) is 0.696. The second-order valence-corrected chi connectivity index (χ2v) is 11.9. The van der Waals surface area contributed by atoms with E-state index < -0.39 is 41.8 Å². The highest BCUT2D eigenvalue weighted by molar-refractivity contribution is 7.99. The van der Waals surface area contributed by atoms with Crippen molar-refractivity contribution < 1.29 is 33.3 Å². The number of hydrogen-bond donors (Lipinski definition) is 2. The lowest BCUT2D eigenvalue weighted by atomic mass is 10.1. The van der Waals surface area contributed by atoms with E-state index in [9.17, 15) is 9.59 Å². The number of rotatable bonds is 8. The van der Waals surface area contributed by atoms with Crippen LogP contribution in [0.3, 0.4) is 0 Å². The zero-order valence-corrected chi connectivity index (χ0v) is 23.7. The van der Waals surface area contributed by atoms with E-state index in [4.69, 9.17) is 41.0 Å². The average Bonchev–Trinajstić information content (AvgIpc) is 3.45. The van der Waals surface area contributed by atoms with Gasteiger partial charge in [0.25, 0.3) is 0 Å². The Kier molecular flexibility index (Phi) is 8.28. The van der Waals surface area contributed by atoms with Gasteiger partial charge >= 0.3 is 12.1 Å². The number of anilines is 1. The number of ether oxygens (including phenoxy) is 5. The normalized spacial score (nSPS) is 25.2. The summed E-state index contributed by atoms with van der Waals surface area (Å²) in [6, 6.07) is -0.843. The fourth-order valence-electron chi connectivity index (χ4n) is 4.36. The Hall–Kier alpha value is -2.39. The Morgan fingerprint density at radius 2 is 2.00 bits per heavy atom. The molecule has 2 fully saturated rings. The number of halogens is 1. The summed E-state index contributed by atoms with van der Waals surface area (Å²) in [5.41, 5.74) is 6.12. The van der Waals surface area contributed by atoms with Gasteiger partial charge in [-0.2, -0.15) is 21.7 Å². The molecule has 1 amide bonds. The first kappa shape index (κ1) is 28.6. The molecular formula is C23H33ClN6O7S. The Bertz CT molecular complexity index is 1190. The van der Waals surface area contributed by atoms with E-state index in [2.05, 4.69) is 20.3 Å². The predicted molar refractivity (Wildman–Crippen MR) is 140 cm³/mol. The number of fused-ring (bicyclic) bond motifs is 2. The van der Waals surface area contributed by atoms with Crippen molar-refractivity contribution in [3.8, 4) is 0 Å². The van der Waals surface area contributed by atoms with Crippen LogP contribution in [0.15, 0.2) is 6.33 Å². The van der Waals surface area contributed by atoms with Gasteiger partial charge < -0.3 is 34.7 Å². The third-order valence-electron chi connectivity index (χ3n) is 5.83. The molecule has 4 rings (SSSR count). The quantitative estimate of drug-likeness (QED) is 0.270. The van der Waals surface area contributed by atoms with Crippen LogP contribution in [0, 0.1) is 0 Å². The number of imidazole rings is 1. The molecule has 2 saturated heterocycles. The third kappa shape index (κ3) is 6.42. The summed E-state index contributed by atoms with van der Waals surface area (Å²) in [5, 5.41) is 2.59. The van der Waals surface area contributed by atoms with E-state index in [0.717, 1.165) is 0 Å². The number of nitrogens with zero attached hydrogens (tertiary/aromatic N) is 4. The first-order chi connectivity index (χ1) is 17.8. The molecule has 210 valence electrons. The lowest BCUT2D eigenvalue weighted by Gasteiger charge is -2.25. The molecule has 0 bridgehead atoms. The number of aromatic nitrogens is 4. The van der Waals surface area contributed by atoms with Crippen molar-refractivity contribution in [3.05, 3.63) is 11.6 Å². The van der Waals surface area contributed by atoms with Crippen LogP contribution in [0.4, 0.5) is 10.6 Å². The molecule has 0 aliphatic carbocycles. The van der Waals surface area contributed by atoms with E-state index >= 15 is 0 Å². The number of methoxy groups -OCH3 is 1. The number of nitrogens with two attached hydrogens (primary N) is 1. The van der Waals surface area contributed by atoms with Crippen LogP contribution in [0.2, 0.25) is 5.28 Å². The van der Waals surface area contributed by atoms with Gasteiger partial charge in [0.15, 0.2) is 23.5 Å². The molecule has 0 aromatic carbocycles. The predicted octanol–water partition coefficient (Wildman–Crippen LogP) is 2.67. The monoisotopic (exact) mass is 572 g/mol. The number of alkyl carbamates (subject to hydrolysis) is 1. The van der Waals surface area contributed by atoms with Crippen molar-refractivity contribution >= 4 is 52.4 Å². The SMILES string of the molecule is COC(=O)C(CCSC[C@H]1O[C@@H](n2cnc3c(N)nc(Cl)nc32)[C@@H]2OC(C)(C)O[C@@H]21)NC(=O)OC(C)(C)C. The van der Waals surface area contributed by atoms with Gasteiger partial charge in [0.1, 0.15) is 29.4 Å². The van der Waals surface area contributed by atoms with Gasteiger partial charge in [-0.3, -0.25) is 4.57 Å². The van der Waals surface area contributed by atoms with E-state index in [1.54, 1.807) is 43.4 Å². The number of esters is 1. The summed E-state index contributed by atoms with van der Waals surface area (Å²) in [7, 11) is 1.27. The molecule has 2 aromatic heterocycles. The second-order valence-electron chi connectivity index (χ2n) is 10.4. The van der Waals surface area contributed by atoms with Crippen molar-refractivity contribution in [2.75, 3.05) is 24.3 Å². The first-order valence-corrected chi connectivity index (χ1v) is 13.6. The average molecular weight is 573 g/mol. The van der Waals surface area contributed by atoms with Crippen molar-refractivity contribution in [1.82, 2.24) is 24.8 Å². The van der Waals surface area contributed by atoms with Gasteiger partial charge in [-0.05, 0) is 58.4 Å². The van der Waals surface area contributed by atoms with Gasteiger partial charge in [-0.25, -0.2) is 14.6 Å². The van der Waals surface area contributed by atoms with Gasteiger partial charge in [0.2, 0.25) is 5.28 Å². The zero-order chi connectivity index (χ0) is 27.8. The van der Waals surface area contributed by atoms with Crippen LogP contribution < -0.4 is 11.1 Å². The van der Waals surface area contributed by atoms with Crippen LogP contribution in [0.25, 0.3) is 11.2 Å². The summed E-state index contributed by atoms with van der Waals surface area (Å²) < 4.78 is 30.6. The Labute approximate surface area is 229 Å². The topological polar surface area (TPSA) is 162 Å². The number of nitrogen functional groups attached to an aromatic ring is 1. The minimum atomic E-state index is -0.843. The third-order valence-corrected chi connectivity index (χ3v) is 7.09. The van der Waals surface area contributed by atoms with Crippen LogP contribution in [0.5, 0.6) is 0 Å². The highest BCUT2D eigenvalue weighted by Crippen LogP contribution is 2.44. The molecule has 2 aliphatic heterocycles. The molecule has 1 unspecified atom stereocenters. The summed E-state index contributed by atoms with van der Waals surface area (Å²) in [5.74, 6) is -0.105. The molecule has 13 nitrogen and oxygen atoms in total. The van der Waals surface area contributed by atoms with E-state index in [-0.39, 0.29) is 23.3 Å². The smallest absolute Gasteiger partial charge is 0.408 e. The maximum Gasteiger partial charge on any atom is 0.408 e. The molecule has 4 heterocycles. The van der Waals surface area contributed by atoms with Crippen LogP contribution >= 0.6 is 23.4 Å². The molecule has 38 heavy (non-hydrogen) atoms. The Morgan fingerprint density at radius 3 is 2.68 bits per heavy atom. The molecule has 0 saturated carbocycles. The highest BCUT2D eigenvalue weighted by atomic mass is 35.5. The Morgan fingerprint density at radius 1 is 1.29 bits per heavy atom. The summed E-state index contributed by atoms with van der Waals surface area (Å²) in [6.07, 6.45) is -0.478. The molecule has 2 aromatic rings. The van der Waals surface area contributed by atoms with Crippen LogP contribution in [0.1, 0.15) is 47.3 Å². The molecule has 2 aliphatic rings.